The van der Waals surface area contributed by atoms with E-state index >= 15 is 0 Å². The van der Waals surface area contributed by atoms with Crippen molar-refractivity contribution in [1.29, 1.82) is 0 Å². The quantitative estimate of drug-likeness (QED) is 0.614. The van der Waals surface area contributed by atoms with Crippen molar-refractivity contribution in [2.45, 2.75) is 53.5 Å². The minimum Gasteiger partial charge on any atom is -0.366 e. The molecular weight excluding hydrogens is 336 g/mol. The van der Waals surface area contributed by atoms with Gasteiger partial charge in [0.2, 0.25) is 0 Å². The zero-order valence-electron chi connectivity index (χ0n) is 16.9. The van der Waals surface area contributed by atoms with E-state index in [1.54, 1.807) is 0 Å². The molecule has 0 saturated heterocycles. The third kappa shape index (κ3) is 4.38. The van der Waals surface area contributed by atoms with Gasteiger partial charge in [0.1, 0.15) is 11.6 Å². The predicted octanol–water partition coefficient (Wildman–Crippen LogP) is 4.23. The van der Waals surface area contributed by atoms with E-state index in [-0.39, 0.29) is 0 Å². The van der Waals surface area contributed by atoms with Crippen LogP contribution in [0.1, 0.15) is 50.4 Å². The molecule has 0 radical (unpaired) electrons. The Labute approximate surface area is 161 Å². The first-order valence-electron chi connectivity index (χ1n) is 9.94. The number of unbranched alkanes of at least 4 members (excludes halogenated alkanes) is 1. The van der Waals surface area contributed by atoms with Crippen LogP contribution in [0.3, 0.4) is 0 Å². The molecule has 3 rings (SSSR count). The van der Waals surface area contributed by atoms with Crippen LogP contribution < -0.4 is 10.2 Å². The van der Waals surface area contributed by atoms with Gasteiger partial charge in [-0.25, -0.2) is 4.98 Å². The number of hydrogen-bond acceptors (Lipinski definition) is 5. The van der Waals surface area contributed by atoms with Gasteiger partial charge >= 0.3 is 0 Å². The number of aryl methyl sites for hydroxylation is 2. The molecule has 27 heavy (non-hydrogen) atoms. The van der Waals surface area contributed by atoms with Crippen LogP contribution in [0.2, 0.25) is 0 Å². The summed E-state index contributed by atoms with van der Waals surface area (Å²) in [4.78, 5) is 11.7. The highest BCUT2D eigenvalue weighted by Crippen LogP contribution is 2.23. The maximum atomic E-state index is 4.93. The van der Waals surface area contributed by atoms with Crippen LogP contribution in [0.5, 0.6) is 0 Å². The molecule has 0 saturated carbocycles. The SMILES string of the molecule is CCCCN(CC)c1cc(NCc2ccc(C)nc2)n2ncc(CC)c2n1. The Balaban J connectivity index is 1.93. The maximum Gasteiger partial charge on any atom is 0.162 e. The van der Waals surface area contributed by atoms with E-state index in [9.17, 15) is 0 Å². The van der Waals surface area contributed by atoms with Crippen molar-refractivity contribution in [2.24, 2.45) is 0 Å². The van der Waals surface area contributed by atoms with Gasteiger partial charge in [-0.1, -0.05) is 26.3 Å². The number of aromatic nitrogens is 4. The second-order valence-electron chi connectivity index (χ2n) is 6.85. The summed E-state index contributed by atoms with van der Waals surface area (Å²) in [6, 6.07) is 6.26. The third-order valence-electron chi connectivity index (χ3n) is 4.85. The van der Waals surface area contributed by atoms with Crippen molar-refractivity contribution >= 4 is 17.3 Å². The first-order chi connectivity index (χ1) is 13.2. The Morgan fingerprint density at radius 1 is 1.15 bits per heavy atom. The van der Waals surface area contributed by atoms with E-state index in [1.165, 1.54) is 18.4 Å². The normalized spacial score (nSPS) is 11.1. The summed E-state index contributed by atoms with van der Waals surface area (Å²) in [7, 11) is 0. The topological polar surface area (TPSA) is 58.4 Å². The predicted molar refractivity (Wildman–Crippen MR) is 111 cm³/mol. The molecule has 0 spiro atoms. The van der Waals surface area contributed by atoms with E-state index in [4.69, 9.17) is 4.98 Å². The first-order valence-corrected chi connectivity index (χ1v) is 9.94. The number of hydrogen-bond donors (Lipinski definition) is 1. The van der Waals surface area contributed by atoms with Crippen LogP contribution in [0, 0.1) is 6.92 Å². The molecule has 6 heteroatoms. The highest BCUT2D eigenvalue weighted by Gasteiger charge is 2.14. The second kappa shape index (κ2) is 8.84. The molecule has 0 amide bonds. The summed E-state index contributed by atoms with van der Waals surface area (Å²) in [6.45, 7) is 11.2. The molecule has 3 heterocycles. The third-order valence-corrected chi connectivity index (χ3v) is 4.85. The molecule has 0 aliphatic heterocycles. The second-order valence-corrected chi connectivity index (χ2v) is 6.85. The van der Waals surface area contributed by atoms with Gasteiger partial charge in [0.05, 0.1) is 6.20 Å². The van der Waals surface area contributed by atoms with Crippen molar-refractivity contribution < 1.29 is 0 Å². The van der Waals surface area contributed by atoms with Crippen molar-refractivity contribution in [1.82, 2.24) is 19.6 Å². The fourth-order valence-electron chi connectivity index (χ4n) is 3.11. The molecule has 0 aliphatic carbocycles. The molecule has 1 N–H and O–H groups in total. The molecular formula is C21H30N6. The molecule has 0 atom stereocenters. The van der Waals surface area contributed by atoms with Crippen LogP contribution in [-0.4, -0.2) is 32.7 Å². The minimum absolute atomic E-state index is 0.703. The number of anilines is 2. The van der Waals surface area contributed by atoms with Crippen molar-refractivity contribution in [2.75, 3.05) is 23.3 Å². The van der Waals surface area contributed by atoms with Gasteiger partial charge < -0.3 is 10.2 Å². The van der Waals surface area contributed by atoms with Gasteiger partial charge in [0, 0.05) is 43.2 Å². The molecule has 0 aliphatic rings. The van der Waals surface area contributed by atoms with Crippen molar-refractivity contribution in [3.63, 3.8) is 0 Å². The van der Waals surface area contributed by atoms with Gasteiger partial charge in [0.25, 0.3) is 0 Å². The lowest BCUT2D eigenvalue weighted by molar-refractivity contribution is 0.723. The zero-order chi connectivity index (χ0) is 19.2. The maximum absolute atomic E-state index is 4.93. The van der Waals surface area contributed by atoms with Crippen LogP contribution in [0.25, 0.3) is 5.65 Å². The molecule has 6 nitrogen and oxygen atoms in total. The van der Waals surface area contributed by atoms with Crippen LogP contribution in [-0.2, 0) is 13.0 Å². The van der Waals surface area contributed by atoms with E-state index in [0.717, 1.165) is 48.1 Å². The largest absolute Gasteiger partial charge is 0.366 e. The Hall–Kier alpha value is -2.63. The van der Waals surface area contributed by atoms with E-state index in [2.05, 4.69) is 53.2 Å². The van der Waals surface area contributed by atoms with Gasteiger partial charge in [0.15, 0.2) is 5.65 Å². The molecule has 0 fully saturated rings. The van der Waals surface area contributed by atoms with Crippen molar-refractivity contribution in [3.8, 4) is 0 Å². The lowest BCUT2D eigenvalue weighted by Gasteiger charge is -2.23. The molecule has 0 aromatic carbocycles. The number of pyridine rings is 1. The Kier molecular flexibility index (Phi) is 6.27. The Morgan fingerprint density at radius 3 is 2.67 bits per heavy atom. The van der Waals surface area contributed by atoms with Gasteiger partial charge in [-0.2, -0.15) is 9.61 Å². The summed E-state index contributed by atoms with van der Waals surface area (Å²) >= 11 is 0. The van der Waals surface area contributed by atoms with Gasteiger partial charge in [-0.05, 0) is 38.3 Å². The smallest absolute Gasteiger partial charge is 0.162 e. The minimum atomic E-state index is 0.703. The first kappa shape index (κ1) is 19.1. The van der Waals surface area contributed by atoms with E-state index in [0.29, 0.717) is 6.54 Å². The van der Waals surface area contributed by atoms with Gasteiger partial charge in [-0.3, -0.25) is 4.98 Å². The summed E-state index contributed by atoms with van der Waals surface area (Å²) < 4.78 is 1.91. The average Bonchev–Trinajstić information content (AvgIpc) is 3.11. The number of nitrogens with one attached hydrogen (secondary N) is 1. The fraction of sp³-hybridized carbons (Fsp3) is 0.476. The standard InChI is InChI=1S/C21H30N6/c1-5-8-11-26(7-3)20-12-19(23-14-17-10-9-16(4)22-13-17)27-21(25-20)18(6-2)15-24-27/h9-10,12-13,15,23H,5-8,11,14H2,1-4H3. The number of rotatable bonds is 9. The van der Waals surface area contributed by atoms with Crippen LogP contribution in [0.4, 0.5) is 11.6 Å². The zero-order valence-corrected chi connectivity index (χ0v) is 16.9. The Morgan fingerprint density at radius 2 is 2.00 bits per heavy atom. The molecule has 3 aromatic heterocycles. The molecule has 144 valence electrons. The summed E-state index contributed by atoms with van der Waals surface area (Å²) in [6.07, 6.45) is 7.10. The average molecular weight is 367 g/mol. The molecule has 0 bridgehead atoms. The molecule has 0 unspecified atom stereocenters. The van der Waals surface area contributed by atoms with Gasteiger partial charge in [-0.15, -0.1) is 0 Å². The monoisotopic (exact) mass is 366 g/mol. The van der Waals surface area contributed by atoms with Crippen molar-refractivity contribution in [3.05, 3.63) is 47.4 Å². The lowest BCUT2D eigenvalue weighted by atomic mass is 10.2. The fourth-order valence-corrected chi connectivity index (χ4v) is 3.11. The van der Waals surface area contributed by atoms with Crippen LogP contribution in [0.15, 0.2) is 30.6 Å². The summed E-state index contributed by atoms with van der Waals surface area (Å²) in [5.74, 6) is 1.98. The summed E-state index contributed by atoms with van der Waals surface area (Å²) in [5, 5.41) is 8.09. The lowest BCUT2D eigenvalue weighted by Crippen LogP contribution is -2.25. The highest BCUT2D eigenvalue weighted by atomic mass is 15.3. The van der Waals surface area contributed by atoms with E-state index < -0.39 is 0 Å². The Bertz CT molecular complexity index is 868. The number of nitrogens with zero attached hydrogens (tertiary/aromatic N) is 5. The van der Waals surface area contributed by atoms with E-state index in [1.807, 2.05) is 29.9 Å². The number of fused-ring (bicyclic) bond motifs is 1. The van der Waals surface area contributed by atoms with Crippen LogP contribution >= 0.6 is 0 Å². The highest BCUT2D eigenvalue weighted by molar-refractivity contribution is 5.61. The summed E-state index contributed by atoms with van der Waals surface area (Å²) in [5.41, 5.74) is 4.28. The molecule has 3 aromatic rings.